The fourth-order valence-corrected chi connectivity index (χ4v) is 10.7. The Hall–Kier alpha value is -1.29. The fourth-order valence-electron chi connectivity index (χ4n) is 10.7. The number of allylic oxidation sites excluding steroid dienone is 1. The Morgan fingerprint density at radius 1 is 1.05 bits per heavy atom. The molecule has 3 saturated carbocycles. The summed E-state index contributed by atoms with van der Waals surface area (Å²) in [6.45, 7) is 6.24. The lowest BCUT2D eigenvalue weighted by Gasteiger charge is -2.58. The van der Waals surface area contributed by atoms with E-state index >= 15 is 0 Å². The molecule has 5 rings (SSSR count). The predicted molar refractivity (Wildman–Crippen MR) is 146 cm³/mol. The van der Waals surface area contributed by atoms with Crippen LogP contribution in [-0.2, 0) is 9.53 Å². The zero-order valence-corrected chi connectivity index (χ0v) is 25.3. The summed E-state index contributed by atoms with van der Waals surface area (Å²) >= 11 is 0. The van der Waals surface area contributed by atoms with Gasteiger partial charge in [-0.25, -0.2) is 0 Å². The summed E-state index contributed by atoms with van der Waals surface area (Å²) in [7, 11) is 0.443. The Labute approximate surface area is 245 Å². The van der Waals surface area contributed by atoms with Crippen LogP contribution in [0.25, 0.3) is 0 Å². The number of fused-ring (bicyclic) bond motifs is 5. The third-order valence-corrected chi connectivity index (χ3v) is 12.9. The van der Waals surface area contributed by atoms with Gasteiger partial charge in [0, 0.05) is 32.5 Å². The van der Waals surface area contributed by atoms with E-state index in [-0.39, 0.29) is 41.7 Å². The van der Waals surface area contributed by atoms with Crippen molar-refractivity contribution in [2.45, 2.75) is 115 Å². The minimum atomic E-state index is -5.64. The highest BCUT2D eigenvalue weighted by Crippen LogP contribution is 2.67. The summed E-state index contributed by atoms with van der Waals surface area (Å²) < 4.78 is 86.4. The Bertz CT molecular complexity index is 1040. The number of halogens is 6. The first kappa shape index (κ1) is 32.1. The van der Waals surface area contributed by atoms with Crippen molar-refractivity contribution < 1.29 is 41.0 Å². The quantitative estimate of drug-likeness (QED) is 0.249. The minimum Gasteiger partial charge on any atom is -0.393 e. The van der Waals surface area contributed by atoms with Gasteiger partial charge in [0.1, 0.15) is 0 Å². The normalized spacial score (nSPS) is 39.8. The lowest BCUT2D eigenvalue weighted by atomic mass is 9.47. The lowest BCUT2D eigenvalue weighted by Crippen LogP contribution is -2.63. The molecule has 1 aliphatic heterocycles. The Kier molecular flexibility index (Phi) is 8.37. The molecule has 0 bridgehead atoms. The predicted octanol–water partition coefficient (Wildman–Crippen LogP) is 7.70. The van der Waals surface area contributed by atoms with Gasteiger partial charge in [0.05, 0.1) is 6.10 Å². The molecule has 1 heterocycles. The van der Waals surface area contributed by atoms with Crippen molar-refractivity contribution in [3.63, 3.8) is 0 Å². The first-order valence-corrected chi connectivity index (χ1v) is 15.8. The number of ether oxygens (including phenoxy) is 1. The molecule has 1 saturated heterocycles. The Morgan fingerprint density at radius 3 is 2.38 bits per heavy atom. The van der Waals surface area contributed by atoms with Gasteiger partial charge in [0.15, 0.2) is 0 Å². The molecule has 240 valence electrons. The molecular weight excluding hydrogens is 560 g/mol. The molecule has 1 amide bonds. The average molecular weight is 608 g/mol. The van der Waals surface area contributed by atoms with Crippen LogP contribution < -0.4 is 0 Å². The smallest absolute Gasteiger partial charge is 0.393 e. The van der Waals surface area contributed by atoms with Crippen LogP contribution >= 0.6 is 0 Å². The molecule has 0 radical (unpaired) electrons. The van der Waals surface area contributed by atoms with Gasteiger partial charge >= 0.3 is 12.4 Å². The molecular formula is C32H47F6NO3. The number of carbonyl (C=O) groups is 1. The van der Waals surface area contributed by atoms with Crippen molar-refractivity contribution >= 4 is 5.91 Å². The van der Waals surface area contributed by atoms with Crippen molar-refractivity contribution in [2.24, 2.45) is 46.3 Å². The van der Waals surface area contributed by atoms with E-state index in [1.165, 1.54) is 16.9 Å². The number of alkyl halides is 6. The standard InChI is InChI=1S/C32H47F6NO3/c1-19(5-10-27(41)39-16-13-21(18-39)30(42-4,31(33,34)35)32(36,37)38)24-8-9-25-23-7-6-20-17-22(40)11-14-28(20,2)26(23)12-15-29(24,25)3/h6,19,21-26,40H,5,7-18H2,1-4H3/t19-,21-,22+,23+,24-,25+,26+,28+,29-/m1/s1. The first-order valence-electron chi connectivity index (χ1n) is 15.8. The fraction of sp³-hybridized carbons (Fsp3) is 0.906. The third kappa shape index (κ3) is 4.93. The highest BCUT2D eigenvalue weighted by atomic mass is 19.4. The second-order valence-corrected chi connectivity index (χ2v) is 14.7. The number of methoxy groups -OCH3 is 1. The number of hydrogen-bond donors (Lipinski definition) is 1. The molecule has 10 heteroatoms. The molecule has 4 aliphatic carbocycles. The summed E-state index contributed by atoms with van der Waals surface area (Å²) in [5.74, 6) is 0.258. The van der Waals surface area contributed by atoms with Crippen LogP contribution in [-0.4, -0.2) is 60.2 Å². The lowest BCUT2D eigenvalue weighted by molar-refractivity contribution is -0.390. The van der Waals surface area contributed by atoms with Crippen molar-refractivity contribution in [3.05, 3.63) is 11.6 Å². The van der Waals surface area contributed by atoms with Gasteiger partial charge in [-0.3, -0.25) is 4.79 Å². The van der Waals surface area contributed by atoms with E-state index in [1.807, 2.05) is 0 Å². The number of likely N-dealkylation sites (tertiary alicyclic amines) is 1. The molecule has 4 nitrogen and oxygen atoms in total. The number of amides is 1. The molecule has 0 spiro atoms. The van der Waals surface area contributed by atoms with Crippen LogP contribution in [0.3, 0.4) is 0 Å². The molecule has 5 aliphatic rings. The van der Waals surface area contributed by atoms with Gasteiger partial charge in [-0.15, -0.1) is 0 Å². The Morgan fingerprint density at radius 2 is 1.74 bits per heavy atom. The largest absolute Gasteiger partial charge is 0.426 e. The Balaban J connectivity index is 1.21. The molecule has 0 aromatic heterocycles. The van der Waals surface area contributed by atoms with Crippen molar-refractivity contribution in [1.82, 2.24) is 4.90 Å². The van der Waals surface area contributed by atoms with Crippen LogP contribution in [0.2, 0.25) is 0 Å². The molecule has 0 aromatic rings. The van der Waals surface area contributed by atoms with E-state index in [4.69, 9.17) is 0 Å². The van der Waals surface area contributed by atoms with E-state index in [0.717, 1.165) is 44.9 Å². The first-order chi connectivity index (χ1) is 19.5. The minimum absolute atomic E-state index is 0.127. The van der Waals surface area contributed by atoms with Crippen LogP contribution in [0.1, 0.15) is 91.4 Å². The van der Waals surface area contributed by atoms with E-state index in [1.54, 1.807) is 0 Å². The SMILES string of the molecule is COC([C@@H]1CCN(C(=O)CC[C@@H](C)[C@H]2CC[C@H]3[C@@H]4CC=C5C[C@@H](O)CC[C@]5(C)[C@H]4CC[C@]23C)C1)(C(F)(F)F)C(F)(F)F. The maximum absolute atomic E-state index is 13.7. The summed E-state index contributed by atoms with van der Waals surface area (Å²) in [5.41, 5.74) is -2.50. The van der Waals surface area contributed by atoms with Crippen LogP contribution in [0, 0.1) is 46.3 Å². The molecule has 9 atom stereocenters. The van der Waals surface area contributed by atoms with Gasteiger partial charge in [-0.2, -0.15) is 26.3 Å². The van der Waals surface area contributed by atoms with E-state index < -0.39 is 36.8 Å². The van der Waals surface area contributed by atoms with Gasteiger partial charge < -0.3 is 14.7 Å². The summed E-state index contributed by atoms with van der Waals surface area (Å²) in [6, 6.07) is 0. The second-order valence-electron chi connectivity index (χ2n) is 14.7. The number of aliphatic hydroxyl groups excluding tert-OH is 1. The van der Waals surface area contributed by atoms with Gasteiger partial charge in [-0.05, 0) is 105 Å². The van der Waals surface area contributed by atoms with Gasteiger partial charge in [0.2, 0.25) is 5.91 Å². The number of hydrogen-bond acceptors (Lipinski definition) is 3. The van der Waals surface area contributed by atoms with E-state index in [0.29, 0.717) is 37.2 Å². The van der Waals surface area contributed by atoms with E-state index in [9.17, 15) is 36.2 Å². The summed E-state index contributed by atoms with van der Waals surface area (Å²) in [5, 5.41) is 10.3. The number of nitrogens with zero attached hydrogens (tertiary/aromatic N) is 1. The van der Waals surface area contributed by atoms with E-state index in [2.05, 4.69) is 31.6 Å². The maximum Gasteiger partial charge on any atom is 0.426 e. The highest BCUT2D eigenvalue weighted by molar-refractivity contribution is 5.76. The number of carbonyl (C=O) groups excluding carboxylic acids is 1. The third-order valence-electron chi connectivity index (χ3n) is 12.9. The maximum atomic E-state index is 13.7. The zero-order chi connectivity index (χ0) is 30.9. The summed E-state index contributed by atoms with van der Waals surface area (Å²) in [6.07, 6.45) is -0.476. The molecule has 0 unspecified atom stereocenters. The average Bonchev–Trinajstić information content (AvgIpc) is 3.51. The van der Waals surface area contributed by atoms with Crippen molar-refractivity contribution in [1.29, 1.82) is 0 Å². The van der Waals surface area contributed by atoms with Crippen LogP contribution in [0.15, 0.2) is 11.6 Å². The summed E-state index contributed by atoms with van der Waals surface area (Å²) in [4.78, 5) is 14.2. The van der Waals surface area contributed by atoms with Gasteiger partial charge in [-0.1, -0.05) is 32.4 Å². The van der Waals surface area contributed by atoms with Crippen molar-refractivity contribution in [2.75, 3.05) is 20.2 Å². The second kappa shape index (κ2) is 11.0. The zero-order valence-electron chi connectivity index (χ0n) is 25.3. The van der Waals surface area contributed by atoms with Crippen LogP contribution in [0.5, 0.6) is 0 Å². The van der Waals surface area contributed by atoms with Gasteiger partial charge in [0.25, 0.3) is 5.60 Å². The van der Waals surface area contributed by atoms with Crippen molar-refractivity contribution in [3.8, 4) is 0 Å². The highest BCUT2D eigenvalue weighted by Gasteiger charge is 2.75. The van der Waals surface area contributed by atoms with Crippen LogP contribution in [0.4, 0.5) is 26.3 Å². The molecule has 1 N–H and O–H groups in total. The molecule has 0 aromatic carbocycles. The topological polar surface area (TPSA) is 49.8 Å². The molecule has 42 heavy (non-hydrogen) atoms. The number of aliphatic hydroxyl groups is 1. The monoisotopic (exact) mass is 607 g/mol. The molecule has 4 fully saturated rings. The number of rotatable bonds is 6.